The van der Waals surface area contributed by atoms with Crippen molar-refractivity contribution in [2.24, 2.45) is 0 Å². The Bertz CT molecular complexity index is 412. The van der Waals surface area contributed by atoms with Crippen LogP contribution in [-0.2, 0) is 14.2 Å². The molecule has 0 saturated heterocycles. The second-order valence-corrected chi connectivity index (χ2v) is 4.57. The molecule has 23 heavy (non-hydrogen) atoms. The fourth-order valence-electron chi connectivity index (χ4n) is 1.57. The van der Waals surface area contributed by atoms with Crippen LogP contribution in [0.5, 0.6) is 5.75 Å². The average Bonchev–Trinajstić information content (AvgIpc) is 2.52. The highest BCUT2D eigenvalue weighted by atomic mass is 19.4. The molecule has 0 atom stereocenters. The van der Waals surface area contributed by atoms with Gasteiger partial charge in [-0.15, -0.1) is 0 Å². The topological polar surface area (TPSA) is 49.0 Å². The lowest BCUT2D eigenvalue weighted by molar-refractivity contribution is -0.153. The van der Waals surface area contributed by atoms with Crippen molar-refractivity contribution in [3.8, 4) is 5.75 Å². The Hall–Kier alpha value is -1.51. The number of alkyl halides is 3. The zero-order chi connectivity index (χ0) is 17.0. The minimum atomic E-state index is -4.33. The number of halogens is 3. The number of methoxy groups -OCH3 is 1. The molecule has 0 unspecified atom stereocenters. The van der Waals surface area contributed by atoms with Crippen molar-refractivity contribution >= 4 is 5.69 Å². The Kier molecular flexibility index (Phi) is 9.42. The number of hydrogen-bond donors (Lipinski definition) is 1. The fourth-order valence-corrected chi connectivity index (χ4v) is 1.57. The zero-order valence-electron chi connectivity index (χ0n) is 13.0. The Morgan fingerprint density at radius 1 is 0.913 bits per heavy atom. The van der Waals surface area contributed by atoms with Crippen LogP contribution >= 0.6 is 0 Å². The molecule has 0 radical (unpaired) electrons. The van der Waals surface area contributed by atoms with Crippen molar-refractivity contribution in [3.63, 3.8) is 0 Å². The van der Waals surface area contributed by atoms with Crippen LogP contribution in [0.15, 0.2) is 24.3 Å². The van der Waals surface area contributed by atoms with Gasteiger partial charge in [-0.25, -0.2) is 0 Å². The summed E-state index contributed by atoms with van der Waals surface area (Å²) in [5.74, 6) is 0.178. The highest BCUT2D eigenvalue weighted by molar-refractivity contribution is 5.46. The monoisotopic (exact) mass is 337 g/mol. The molecular formula is C15H22F3NO4. The van der Waals surface area contributed by atoms with E-state index in [-0.39, 0.29) is 5.75 Å². The Morgan fingerprint density at radius 3 is 2.13 bits per heavy atom. The van der Waals surface area contributed by atoms with E-state index in [1.54, 1.807) is 19.2 Å². The van der Waals surface area contributed by atoms with E-state index in [1.165, 1.54) is 12.1 Å². The molecule has 1 aromatic rings. The second kappa shape index (κ2) is 11.1. The summed E-state index contributed by atoms with van der Waals surface area (Å²) in [5, 5.41) is 3.09. The molecule has 5 nitrogen and oxygen atoms in total. The van der Waals surface area contributed by atoms with Crippen LogP contribution in [-0.4, -0.2) is 59.5 Å². The maximum atomic E-state index is 12.0. The quantitative estimate of drug-likeness (QED) is 0.594. The summed E-state index contributed by atoms with van der Waals surface area (Å²) in [6, 6.07) is 6.27. The van der Waals surface area contributed by atoms with Gasteiger partial charge in [0.05, 0.1) is 33.0 Å². The minimum absolute atomic E-state index is 0.178. The van der Waals surface area contributed by atoms with Crippen LogP contribution in [0.1, 0.15) is 0 Å². The molecular weight excluding hydrogens is 315 g/mol. The summed E-state index contributed by atoms with van der Waals surface area (Å²) < 4.78 is 56.1. The van der Waals surface area contributed by atoms with Gasteiger partial charge in [0, 0.05) is 19.3 Å². The molecule has 1 N–H and O–H groups in total. The number of ether oxygens (including phenoxy) is 4. The van der Waals surface area contributed by atoms with Crippen molar-refractivity contribution in [3.05, 3.63) is 24.3 Å². The summed E-state index contributed by atoms with van der Waals surface area (Å²) in [4.78, 5) is 0. The highest BCUT2D eigenvalue weighted by Crippen LogP contribution is 2.20. The molecule has 0 amide bonds. The van der Waals surface area contributed by atoms with E-state index in [2.05, 4.69) is 10.1 Å². The van der Waals surface area contributed by atoms with E-state index in [1.807, 2.05) is 0 Å². The van der Waals surface area contributed by atoms with Crippen LogP contribution in [0.2, 0.25) is 0 Å². The molecule has 0 spiro atoms. The zero-order valence-corrected chi connectivity index (χ0v) is 13.0. The molecule has 8 heteroatoms. The SMILES string of the molecule is COCCOCCOCCNc1ccc(OCC(F)(F)F)cc1. The molecule has 1 aromatic carbocycles. The molecule has 0 aliphatic rings. The molecule has 0 saturated carbocycles. The number of rotatable bonds is 12. The summed E-state index contributed by atoms with van der Waals surface area (Å²) in [5.41, 5.74) is 0.782. The number of benzene rings is 1. The lowest BCUT2D eigenvalue weighted by atomic mass is 10.3. The molecule has 0 bridgehead atoms. The van der Waals surface area contributed by atoms with Crippen LogP contribution in [0.25, 0.3) is 0 Å². The van der Waals surface area contributed by atoms with Gasteiger partial charge >= 0.3 is 6.18 Å². The summed E-state index contributed by atoms with van der Waals surface area (Å²) in [7, 11) is 1.61. The van der Waals surface area contributed by atoms with Gasteiger partial charge in [0.25, 0.3) is 0 Å². The second-order valence-electron chi connectivity index (χ2n) is 4.57. The molecule has 1 rings (SSSR count). The van der Waals surface area contributed by atoms with E-state index >= 15 is 0 Å². The first-order chi connectivity index (χ1) is 11.0. The summed E-state index contributed by atoms with van der Waals surface area (Å²) in [6.45, 7) is 1.90. The normalized spacial score (nSPS) is 11.5. The van der Waals surface area contributed by atoms with Crippen molar-refractivity contribution in [2.45, 2.75) is 6.18 Å². The molecule has 0 aliphatic carbocycles. The van der Waals surface area contributed by atoms with Crippen LogP contribution in [0.3, 0.4) is 0 Å². The first kappa shape index (κ1) is 19.5. The summed E-state index contributed by atoms with van der Waals surface area (Å²) >= 11 is 0. The molecule has 132 valence electrons. The third kappa shape index (κ3) is 10.8. The standard InChI is InChI=1S/C15H22F3NO4/c1-20-8-9-22-11-10-21-7-6-19-13-2-4-14(5-3-13)23-12-15(16,17)18/h2-5,19H,6-12H2,1H3. The van der Waals surface area contributed by atoms with E-state index in [9.17, 15) is 13.2 Å². The van der Waals surface area contributed by atoms with Crippen molar-refractivity contribution in [1.82, 2.24) is 0 Å². The summed E-state index contributed by atoms with van der Waals surface area (Å²) in [6.07, 6.45) is -4.33. The van der Waals surface area contributed by atoms with Gasteiger partial charge in [0.2, 0.25) is 0 Å². The van der Waals surface area contributed by atoms with Gasteiger partial charge in [0.15, 0.2) is 6.61 Å². The third-order valence-corrected chi connectivity index (χ3v) is 2.64. The van der Waals surface area contributed by atoms with Crippen molar-refractivity contribution < 1.29 is 32.1 Å². The van der Waals surface area contributed by atoms with E-state index in [4.69, 9.17) is 14.2 Å². The Morgan fingerprint density at radius 2 is 1.52 bits per heavy atom. The Labute approximate surface area is 133 Å². The van der Waals surface area contributed by atoms with Gasteiger partial charge in [-0.05, 0) is 24.3 Å². The smallest absolute Gasteiger partial charge is 0.422 e. The van der Waals surface area contributed by atoms with Crippen LogP contribution in [0, 0.1) is 0 Å². The number of hydrogen-bond acceptors (Lipinski definition) is 5. The van der Waals surface area contributed by atoms with Gasteiger partial charge in [-0.2, -0.15) is 13.2 Å². The largest absolute Gasteiger partial charge is 0.484 e. The van der Waals surface area contributed by atoms with Crippen LogP contribution < -0.4 is 10.1 Å². The van der Waals surface area contributed by atoms with E-state index < -0.39 is 12.8 Å². The van der Waals surface area contributed by atoms with Gasteiger partial charge < -0.3 is 24.3 Å². The molecule has 0 aromatic heterocycles. The van der Waals surface area contributed by atoms with E-state index in [0.29, 0.717) is 39.6 Å². The minimum Gasteiger partial charge on any atom is -0.484 e. The Balaban J connectivity index is 2.07. The third-order valence-electron chi connectivity index (χ3n) is 2.64. The lowest BCUT2D eigenvalue weighted by Crippen LogP contribution is -2.19. The molecule has 0 aliphatic heterocycles. The molecule has 0 heterocycles. The highest BCUT2D eigenvalue weighted by Gasteiger charge is 2.28. The van der Waals surface area contributed by atoms with Crippen LogP contribution in [0.4, 0.5) is 18.9 Å². The maximum absolute atomic E-state index is 12.0. The van der Waals surface area contributed by atoms with E-state index in [0.717, 1.165) is 5.69 Å². The number of nitrogens with one attached hydrogen (secondary N) is 1. The first-order valence-corrected chi connectivity index (χ1v) is 7.19. The molecule has 0 fully saturated rings. The van der Waals surface area contributed by atoms with Gasteiger partial charge in [-0.3, -0.25) is 0 Å². The predicted octanol–water partition coefficient (Wildman–Crippen LogP) is 2.72. The first-order valence-electron chi connectivity index (χ1n) is 7.19. The number of anilines is 1. The lowest BCUT2D eigenvalue weighted by Gasteiger charge is -2.11. The van der Waals surface area contributed by atoms with Gasteiger partial charge in [-0.1, -0.05) is 0 Å². The maximum Gasteiger partial charge on any atom is 0.422 e. The van der Waals surface area contributed by atoms with Crippen molar-refractivity contribution in [2.75, 3.05) is 58.6 Å². The fraction of sp³-hybridized carbons (Fsp3) is 0.600. The predicted molar refractivity (Wildman–Crippen MR) is 80.0 cm³/mol. The van der Waals surface area contributed by atoms with Gasteiger partial charge in [0.1, 0.15) is 5.75 Å². The average molecular weight is 337 g/mol. The van der Waals surface area contributed by atoms with Crippen molar-refractivity contribution in [1.29, 1.82) is 0 Å².